The smallest absolute Gasteiger partial charge is 0.354 e. The number of aromatic nitrogens is 1. The third-order valence-corrected chi connectivity index (χ3v) is 3.78. The van der Waals surface area contributed by atoms with Crippen LogP contribution in [-0.4, -0.2) is 27.6 Å². The highest BCUT2D eigenvalue weighted by Gasteiger charge is 2.36. The minimum atomic E-state index is -1.09. The fraction of sp³-hybridized carbons (Fsp3) is 0.538. The van der Waals surface area contributed by atoms with Crippen LogP contribution in [0, 0.1) is 6.92 Å². The van der Waals surface area contributed by atoms with Crippen molar-refractivity contribution in [1.82, 2.24) is 10.3 Å². The summed E-state index contributed by atoms with van der Waals surface area (Å²) in [6.45, 7) is 3.79. The Morgan fingerprint density at radius 2 is 2.16 bits per heavy atom. The first-order chi connectivity index (χ1) is 8.96. The molecule has 1 aliphatic rings. The maximum Gasteiger partial charge on any atom is 0.354 e. The van der Waals surface area contributed by atoms with Crippen molar-refractivity contribution in [2.24, 2.45) is 0 Å². The fourth-order valence-electron chi connectivity index (χ4n) is 2.42. The van der Waals surface area contributed by atoms with E-state index in [1.54, 1.807) is 13.0 Å². The average molecular weight is 265 g/mol. The number of hydrogen-bond acceptors (Lipinski definition) is 2. The molecule has 6 nitrogen and oxygen atoms in total. The third kappa shape index (κ3) is 2.72. The number of aromatic carboxylic acids is 1. The Bertz CT molecular complexity index is 498. The van der Waals surface area contributed by atoms with E-state index < -0.39 is 5.97 Å². The molecule has 1 aromatic heterocycles. The van der Waals surface area contributed by atoms with Crippen molar-refractivity contribution < 1.29 is 14.7 Å². The summed E-state index contributed by atoms with van der Waals surface area (Å²) in [5.74, 6) is -1.09. The lowest BCUT2D eigenvalue weighted by Gasteiger charge is -2.41. The fourth-order valence-corrected chi connectivity index (χ4v) is 2.42. The number of carboxylic acid groups (broad SMARTS) is 1. The van der Waals surface area contributed by atoms with E-state index in [1.165, 1.54) is 0 Å². The number of urea groups is 1. The second-order valence-corrected chi connectivity index (χ2v) is 5.11. The van der Waals surface area contributed by atoms with Crippen LogP contribution in [0.3, 0.4) is 0 Å². The van der Waals surface area contributed by atoms with Gasteiger partial charge in [0, 0.05) is 11.2 Å². The maximum absolute atomic E-state index is 11.9. The standard InChI is InChI=1S/C13H19N3O3/c1-3-13(5-4-6-13)16-12(19)15-9-7-8(2)14-10(9)11(17)18/h7,14H,3-6H2,1-2H3,(H,17,18)(H2,15,16,19). The summed E-state index contributed by atoms with van der Waals surface area (Å²) >= 11 is 0. The summed E-state index contributed by atoms with van der Waals surface area (Å²) in [7, 11) is 0. The van der Waals surface area contributed by atoms with Crippen molar-refractivity contribution in [3.8, 4) is 0 Å². The number of anilines is 1. The van der Waals surface area contributed by atoms with Gasteiger partial charge in [-0.25, -0.2) is 9.59 Å². The van der Waals surface area contributed by atoms with Gasteiger partial charge in [-0.05, 0) is 38.7 Å². The zero-order valence-corrected chi connectivity index (χ0v) is 11.2. The molecule has 6 heteroatoms. The van der Waals surface area contributed by atoms with Crippen LogP contribution >= 0.6 is 0 Å². The second kappa shape index (κ2) is 4.95. The van der Waals surface area contributed by atoms with E-state index in [0.29, 0.717) is 11.4 Å². The highest BCUT2D eigenvalue weighted by Crippen LogP contribution is 2.34. The molecule has 104 valence electrons. The molecule has 0 atom stereocenters. The molecule has 19 heavy (non-hydrogen) atoms. The van der Waals surface area contributed by atoms with E-state index >= 15 is 0 Å². The Morgan fingerprint density at radius 1 is 1.47 bits per heavy atom. The molecule has 1 heterocycles. The van der Waals surface area contributed by atoms with Gasteiger partial charge in [0.05, 0.1) is 5.69 Å². The van der Waals surface area contributed by atoms with Gasteiger partial charge in [-0.1, -0.05) is 6.92 Å². The number of H-pyrrole nitrogens is 1. The Labute approximate surface area is 111 Å². The number of amides is 2. The molecule has 2 rings (SSSR count). The van der Waals surface area contributed by atoms with Crippen LogP contribution in [0.5, 0.6) is 0 Å². The molecular formula is C13H19N3O3. The van der Waals surface area contributed by atoms with Crippen molar-refractivity contribution in [2.75, 3.05) is 5.32 Å². The molecule has 1 aromatic rings. The molecule has 1 fully saturated rings. The monoisotopic (exact) mass is 265 g/mol. The van der Waals surface area contributed by atoms with Crippen LogP contribution in [0.1, 0.15) is 48.8 Å². The number of hydrogen-bond donors (Lipinski definition) is 4. The molecule has 4 N–H and O–H groups in total. The first-order valence-electron chi connectivity index (χ1n) is 6.48. The van der Waals surface area contributed by atoms with E-state index in [9.17, 15) is 9.59 Å². The minimum Gasteiger partial charge on any atom is -0.477 e. The molecule has 1 aliphatic carbocycles. The zero-order chi connectivity index (χ0) is 14.0. The number of carbonyl (C=O) groups is 2. The lowest BCUT2D eigenvalue weighted by molar-refractivity contribution is 0.0692. The number of carbonyl (C=O) groups excluding carboxylic acids is 1. The van der Waals surface area contributed by atoms with Crippen LogP contribution in [0.15, 0.2) is 6.07 Å². The number of nitrogens with one attached hydrogen (secondary N) is 3. The number of aryl methyl sites for hydroxylation is 1. The van der Waals surface area contributed by atoms with Gasteiger partial charge >= 0.3 is 12.0 Å². The summed E-state index contributed by atoms with van der Waals surface area (Å²) < 4.78 is 0. The lowest BCUT2D eigenvalue weighted by atomic mass is 9.75. The maximum atomic E-state index is 11.9. The zero-order valence-electron chi connectivity index (χ0n) is 11.2. The molecule has 0 bridgehead atoms. The largest absolute Gasteiger partial charge is 0.477 e. The Kier molecular flexibility index (Phi) is 3.50. The molecule has 0 spiro atoms. The predicted octanol–water partition coefficient (Wildman–Crippen LogP) is 2.48. The molecule has 2 amide bonds. The van der Waals surface area contributed by atoms with Gasteiger partial charge in [-0.2, -0.15) is 0 Å². The van der Waals surface area contributed by atoms with Gasteiger partial charge in [0.25, 0.3) is 0 Å². The number of carboxylic acids is 1. The average Bonchev–Trinajstić information content (AvgIpc) is 2.65. The molecule has 0 radical (unpaired) electrons. The molecule has 0 saturated heterocycles. The summed E-state index contributed by atoms with van der Waals surface area (Å²) in [4.78, 5) is 25.7. The van der Waals surface area contributed by atoms with E-state index in [4.69, 9.17) is 5.11 Å². The van der Waals surface area contributed by atoms with E-state index in [0.717, 1.165) is 25.7 Å². The minimum absolute atomic E-state index is 0.00630. The van der Waals surface area contributed by atoms with E-state index in [-0.39, 0.29) is 17.3 Å². The van der Waals surface area contributed by atoms with E-state index in [2.05, 4.69) is 15.6 Å². The van der Waals surface area contributed by atoms with Gasteiger partial charge in [0.1, 0.15) is 5.69 Å². The predicted molar refractivity (Wildman–Crippen MR) is 71.5 cm³/mol. The van der Waals surface area contributed by atoms with E-state index in [1.807, 2.05) is 6.92 Å². The van der Waals surface area contributed by atoms with Crippen LogP contribution in [-0.2, 0) is 0 Å². The molecule has 0 aliphatic heterocycles. The Morgan fingerprint density at radius 3 is 2.63 bits per heavy atom. The van der Waals surface area contributed by atoms with Crippen LogP contribution in [0.4, 0.5) is 10.5 Å². The SMILES string of the molecule is CCC1(NC(=O)Nc2cc(C)[nH]c2C(=O)O)CCC1. The van der Waals surface area contributed by atoms with Crippen LogP contribution in [0.25, 0.3) is 0 Å². The summed E-state index contributed by atoms with van der Waals surface area (Å²) in [6, 6.07) is 1.27. The summed E-state index contributed by atoms with van der Waals surface area (Å²) in [6.07, 6.45) is 3.97. The first kappa shape index (κ1) is 13.5. The number of aromatic amines is 1. The number of rotatable bonds is 4. The normalized spacial score (nSPS) is 16.5. The summed E-state index contributed by atoms with van der Waals surface area (Å²) in [5.41, 5.74) is 0.889. The Hall–Kier alpha value is -1.98. The quantitative estimate of drug-likeness (QED) is 0.673. The Balaban J connectivity index is 2.04. The third-order valence-electron chi connectivity index (χ3n) is 3.78. The highest BCUT2D eigenvalue weighted by molar-refractivity contribution is 5.99. The van der Waals surface area contributed by atoms with Gasteiger partial charge in [0.2, 0.25) is 0 Å². The van der Waals surface area contributed by atoms with Crippen molar-refractivity contribution in [3.05, 3.63) is 17.5 Å². The molecule has 0 unspecified atom stereocenters. The van der Waals surface area contributed by atoms with Gasteiger partial charge < -0.3 is 20.7 Å². The molecular weight excluding hydrogens is 246 g/mol. The van der Waals surface area contributed by atoms with Gasteiger partial charge in [-0.3, -0.25) is 0 Å². The van der Waals surface area contributed by atoms with Crippen molar-refractivity contribution >= 4 is 17.7 Å². The molecule has 0 aromatic carbocycles. The summed E-state index contributed by atoms with van der Waals surface area (Å²) in [5, 5.41) is 14.6. The van der Waals surface area contributed by atoms with Crippen molar-refractivity contribution in [1.29, 1.82) is 0 Å². The second-order valence-electron chi connectivity index (χ2n) is 5.11. The molecule has 1 saturated carbocycles. The first-order valence-corrected chi connectivity index (χ1v) is 6.48. The van der Waals surface area contributed by atoms with Gasteiger partial charge in [0.15, 0.2) is 0 Å². The van der Waals surface area contributed by atoms with Crippen molar-refractivity contribution in [2.45, 2.75) is 45.1 Å². The van der Waals surface area contributed by atoms with Gasteiger partial charge in [-0.15, -0.1) is 0 Å². The topological polar surface area (TPSA) is 94.2 Å². The lowest BCUT2D eigenvalue weighted by Crippen LogP contribution is -2.54. The van der Waals surface area contributed by atoms with Crippen LogP contribution in [0.2, 0.25) is 0 Å². The van der Waals surface area contributed by atoms with Crippen molar-refractivity contribution in [3.63, 3.8) is 0 Å². The highest BCUT2D eigenvalue weighted by atomic mass is 16.4. The van der Waals surface area contributed by atoms with Crippen LogP contribution < -0.4 is 10.6 Å².